The molecule has 8 saturated carbocycles. The van der Waals surface area contributed by atoms with Crippen LogP contribution in [-0.2, 0) is 10.8 Å². The highest BCUT2D eigenvalue weighted by atomic mass is 79.9. The van der Waals surface area contributed by atoms with E-state index in [1.807, 2.05) is 0 Å². The molecule has 0 saturated heterocycles. The van der Waals surface area contributed by atoms with Crippen LogP contribution >= 0.6 is 15.9 Å². The Morgan fingerprint density at radius 3 is 1.46 bits per heavy atom. The SMILES string of the molecule is Oc1c(Br)cc(C23CC4CC(CC(C4)C2)C3)cc1C12CC3CC(CC(C3)C1)C2. The van der Waals surface area contributed by atoms with Crippen LogP contribution in [0.4, 0.5) is 0 Å². The molecule has 0 aliphatic heterocycles. The Labute approximate surface area is 177 Å². The average Bonchev–Trinajstić information content (AvgIpc) is 2.61. The molecule has 8 aliphatic carbocycles. The second kappa shape index (κ2) is 5.59. The van der Waals surface area contributed by atoms with Crippen LogP contribution in [0.2, 0.25) is 0 Å². The van der Waals surface area contributed by atoms with E-state index < -0.39 is 0 Å². The molecule has 2 heteroatoms. The predicted octanol–water partition coefficient (Wildman–Crippen LogP) is 7.09. The summed E-state index contributed by atoms with van der Waals surface area (Å²) in [5.41, 5.74) is 3.62. The lowest BCUT2D eigenvalue weighted by Crippen LogP contribution is -2.50. The van der Waals surface area contributed by atoms with E-state index in [-0.39, 0.29) is 5.41 Å². The maximum Gasteiger partial charge on any atom is 0.133 e. The molecular weight excluding hydrogens is 408 g/mol. The molecule has 1 aromatic rings. The molecule has 8 bridgehead atoms. The fraction of sp³-hybridized carbons (Fsp3) is 0.769. The Bertz CT molecular complexity index is 769. The van der Waals surface area contributed by atoms with Gasteiger partial charge in [0, 0.05) is 5.56 Å². The number of aromatic hydroxyl groups is 1. The van der Waals surface area contributed by atoms with E-state index in [9.17, 15) is 5.11 Å². The first-order valence-corrected chi connectivity index (χ1v) is 12.8. The number of phenolic OH excluding ortho intramolecular Hbond substituents is 1. The van der Waals surface area contributed by atoms with Gasteiger partial charge in [-0.05, 0) is 151 Å². The lowest BCUT2D eigenvalue weighted by molar-refractivity contribution is -0.00905. The first kappa shape index (κ1) is 17.2. The minimum absolute atomic E-state index is 0.277. The smallest absolute Gasteiger partial charge is 0.133 e. The molecule has 1 N–H and O–H groups in total. The van der Waals surface area contributed by atoms with Crippen molar-refractivity contribution in [1.82, 2.24) is 0 Å². The Hall–Kier alpha value is -0.500. The monoisotopic (exact) mass is 440 g/mol. The third-order valence-corrected chi connectivity index (χ3v) is 10.9. The summed E-state index contributed by atoms with van der Waals surface area (Å²) in [4.78, 5) is 0. The van der Waals surface area contributed by atoms with Crippen LogP contribution < -0.4 is 0 Å². The summed E-state index contributed by atoms with van der Waals surface area (Å²) in [5, 5.41) is 11.2. The van der Waals surface area contributed by atoms with Gasteiger partial charge in [-0.3, -0.25) is 0 Å². The standard InChI is InChI=1S/C26H33BrO/c27-23-8-21(25-9-15-1-16(10-25)3-17(2-15)11-25)7-22(24(23)28)26-12-18-4-19(13-26)6-20(5-18)14-26/h7-8,15-20,28H,1-6,9-14H2. The fourth-order valence-electron chi connectivity index (χ4n) is 10.2. The number of halogens is 1. The van der Waals surface area contributed by atoms with Gasteiger partial charge in [-0.15, -0.1) is 0 Å². The predicted molar refractivity (Wildman–Crippen MR) is 116 cm³/mol. The first-order valence-electron chi connectivity index (χ1n) is 12.0. The van der Waals surface area contributed by atoms with Gasteiger partial charge < -0.3 is 5.11 Å². The maximum absolute atomic E-state index is 11.2. The molecule has 1 nitrogen and oxygen atoms in total. The third-order valence-electron chi connectivity index (χ3n) is 10.3. The van der Waals surface area contributed by atoms with Crippen LogP contribution in [0, 0.1) is 35.5 Å². The van der Waals surface area contributed by atoms with Crippen molar-refractivity contribution in [2.75, 3.05) is 0 Å². The van der Waals surface area contributed by atoms with Gasteiger partial charge in [0.1, 0.15) is 5.75 Å². The van der Waals surface area contributed by atoms with Crippen molar-refractivity contribution < 1.29 is 5.11 Å². The van der Waals surface area contributed by atoms with Crippen LogP contribution in [0.3, 0.4) is 0 Å². The second-order valence-electron chi connectivity index (χ2n) is 12.3. The highest BCUT2D eigenvalue weighted by molar-refractivity contribution is 9.10. The summed E-state index contributed by atoms with van der Waals surface area (Å²) >= 11 is 3.81. The molecule has 0 unspecified atom stereocenters. The Morgan fingerprint density at radius 2 is 1.04 bits per heavy atom. The quantitative estimate of drug-likeness (QED) is 0.519. The van der Waals surface area contributed by atoms with Crippen molar-refractivity contribution in [2.45, 2.75) is 87.9 Å². The molecule has 0 amide bonds. The maximum atomic E-state index is 11.2. The topological polar surface area (TPSA) is 20.2 Å². The van der Waals surface area contributed by atoms with E-state index in [1.54, 1.807) is 5.56 Å². The lowest BCUT2D eigenvalue weighted by atomic mass is 9.46. The zero-order valence-corrected chi connectivity index (χ0v) is 18.5. The van der Waals surface area contributed by atoms with Gasteiger partial charge in [0.05, 0.1) is 4.47 Å². The Balaban J connectivity index is 1.34. The van der Waals surface area contributed by atoms with Crippen LogP contribution in [0.25, 0.3) is 0 Å². The van der Waals surface area contributed by atoms with Gasteiger partial charge in [0.15, 0.2) is 0 Å². The van der Waals surface area contributed by atoms with Crippen LogP contribution in [0.5, 0.6) is 5.75 Å². The largest absolute Gasteiger partial charge is 0.506 e. The first-order chi connectivity index (χ1) is 13.5. The van der Waals surface area contributed by atoms with Crippen LogP contribution in [0.15, 0.2) is 16.6 Å². The molecule has 0 radical (unpaired) electrons. The molecule has 1 aromatic carbocycles. The zero-order valence-electron chi connectivity index (χ0n) is 16.9. The van der Waals surface area contributed by atoms with E-state index in [0.717, 1.165) is 40.0 Å². The number of hydrogen-bond acceptors (Lipinski definition) is 1. The van der Waals surface area contributed by atoms with E-state index in [2.05, 4.69) is 28.1 Å². The van der Waals surface area contributed by atoms with Crippen molar-refractivity contribution in [1.29, 1.82) is 0 Å². The van der Waals surface area contributed by atoms with Gasteiger partial charge in [-0.25, -0.2) is 0 Å². The van der Waals surface area contributed by atoms with Gasteiger partial charge in [-0.2, -0.15) is 0 Å². The van der Waals surface area contributed by atoms with Crippen LogP contribution in [-0.4, -0.2) is 5.11 Å². The number of phenols is 1. The van der Waals surface area contributed by atoms with Crippen molar-refractivity contribution in [3.05, 3.63) is 27.7 Å². The molecule has 28 heavy (non-hydrogen) atoms. The zero-order chi connectivity index (χ0) is 18.7. The summed E-state index contributed by atoms with van der Waals surface area (Å²) in [6.07, 6.45) is 17.2. The van der Waals surface area contributed by atoms with E-state index in [0.29, 0.717) is 11.2 Å². The van der Waals surface area contributed by atoms with Gasteiger partial charge >= 0.3 is 0 Å². The number of hydrogen-bond donors (Lipinski definition) is 1. The lowest BCUT2D eigenvalue weighted by Gasteiger charge is -2.58. The van der Waals surface area contributed by atoms with E-state index in [1.165, 1.54) is 82.6 Å². The normalized spacial score (nSPS) is 50.5. The highest BCUT2D eigenvalue weighted by Crippen LogP contribution is 2.64. The van der Waals surface area contributed by atoms with Gasteiger partial charge in [0.25, 0.3) is 0 Å². The summed E-state index contributed by atoms with van der Waals surface area (Å²) in [5.74, 6) is 6.27. The number of benzene rings is 1. The van der Waals surface area contributed by atoms with Crippen LogP contribution in [0.1, 0.15) is 88.2 Å². The minimum Gasteiger partial charge on any atom is -0.506 e. The third kappa shape index (κ3) is 2.30. The van der Waals surface area contributed by atoms with E-state index >= 15 is 0 Å². The molecule has 0 aromatic heterocycles. The fourth-order valence-corrected chi connectivity index (χ4v) is 10.7. The molecular formula is C26H33BrO. The molecule has 9 rings (SSSR count). The van der Waals surface area contributed by atoms with Crippen molar-refractivity contribution in [3.8, 4) is 5.75 Å². The second-order valence-corrected chi connectivity index (χ2v) is 13.1. The van der Waals surface area contributed by atoms with Gasteiger partial charge in [0.2, 0.25) is 0 Å². The van der Waals surface area contributed by atoms with Crippen molar-refractivity contribution in [3.63, 3.8) is 0 Å². The van der Waals surface area contributed by atoms with E-state index in [4.69, 9.17) is 0 Å². The Morgan fingerprint density at radius 1 is 0.643 bits per heavy atom. The summed E-state index contributed by atoms with van der Waals surface area (Å²) < 4.78 is 0.978. The average molecular weight is 441 g/mol. The number of rotatable bonds is 2. The van der Waals surface area contributed by atoms with Crippen molar-refractivity contribution >= 4 is 15.9 Å². The van der Waals surface area contributed by atoms with Crippen molar-refractivity contribution in [2.24, 2.45) is 35.5 Å². The molecule has 8 aliphatic rings. The highest BCUT2D eigenvalue weighted by Gasteiger charge is 2.55. The summed E-state index contributed by atoms with van der Waals surface area (Å²) in [7, 11) is 0. The summed E-state index contributed by atoms with van der Waals surface area (Å²) in [6.45, 7) is 0. The minimum atomic E-state index is 0.277. The Kier molecular flexibility index (Phi) is 3.44. The summed E-state index contributed by atoms with van der Waals surface area (Å²) in [6, 6.07) is 4.87. The molecule has 0 heterocycles. The molecule has 150 valence electrons. The van der Waals surface area contributed by atoms with Gasteiger partial charge in [-0.1, -0.05) is 6.07 Å². The molecule has 0 atom stereocenters. The molecule has 8 fully saturated rings. The molecule has 0 spiro atoms.